The molecule has 0 amide bonds. The standard InChI is InChI=1S/C14H18FNO2S/c1-14(2)6-5-10(18-14)8-17-9-3-4-11(13(16)19)12(15)7-9/h3-4,7,10H,5-6,8H2,1-2H3,(H2,16,19). The quantitative estimate of drug-likeness (QED) is 0.863. The van der Waals surface area contributed by atoms with Crippen molar-refractivity contribution in [2.75, 3.05) is 6.61 Å². The van der Waals surface area contributed by atoms with Crippen LogP contribution in [0, 0.1) is 5.82 Å². The summed E-state index contributed by atoms with van der Waals surface area (Å²) in [6.07, 6.45) is 2.03. The molecule has 1 aliphatic rings. The summed E-state index contributed by atoms with van der Waals surface area (Å²) in [6, 6.07) is 4.50. The second-order valence-corrected chi connectivity index (χ2v) is 5.79. The molecule has 1 aliphatic heterocycles. The van der Waals surface area contributed by atoms with E-state index in [9.17, 15) is 4.39 Å². The van der Waals surface area contributed by atoms with Crippen molar-refractivity contribution in [2.24, 2.45) is 5.73 Å². The lowest BCUT2D eigenvalue weighted by atomic mass is 10.1. The van der Waals surface area contributed by atoms with Gasteiger partial charge >= 0.3 is 0 Å². The molecule has 0 saturated carbocycles. The van der Waals surface area contributed by atoms with E-state index in [0.29, 0.717) is 12.4 Å². The molecule has 1 aromatic carbocycles. The van der Waals surface area contributed by atoms with Gasteiger partial charge < -0.3 is 15.2 Å². The molecule has 0 radical (unpaired) electrons. The Hall–Kier alpha value is -1.20. The molecule has 1 heterocycles. The van der Waals surface area contributed by atoms with Crippen molar-refractivity contribution >= 4 is 17.2 Å². The molecule has 2 rings (SSSR count). The Morgan fingerprint density at radius 3 is 2.84 bits per heavy atom. The van der Waals surface area contributed by atoms with Crippen LogP contribution in [0.2, 0.25) is 0 Å². The molecule has 0 bridgehead atoms. The molecule has 1 saturated heterocycles. The summed E-state index contributed by atoms with van der Waals surface area (Å²) in [5.41, 5.74) is 5.55. The summed E-state index contributed by atoms with van der Waals surface area (Å²) in [6.45, 7) is 4.54. The van der Waals surface area contributed by atoms with Crippen molar-refractivity contribution < 1.29 is 13.9 Å². The van der Waals surface area contributed by atoms with E-state index in [4.69, 9.17) is 27.4 Å². The zero-order chi connectivity index (χ0) is 14.0. The molecule has 1 atom stereocenters. The highest BCUT2D eigenvalue weighted by Gasteiger charge is 2.31. The van der Waals surface area contributed by atoms with Crippen LogP contribution < -0.4 is 10.5 Å². The van der Waals surface area contributed by atoms with Crippen LogP contribution in [0.3, 0.4) is 0 Å². The monoisotopic (exact) mass is 283 g/mol. The first-order valence-corrected chi connectivity index (χ1v) is 6.68. The molecular formula is C14H18FNO2S. The van der Waals surface area contributed by atoms with Crippen LogP contribution in [0.1, 0.15) is 32.3 Å². The van der Waals surface area contributed by atoms with Crippen molar-refractivity contribution in [1.29, 1.82) is 0 Å². The van der Waals surface area contributed by atoms with E-state index < -0.39 is 5.82 Å². The smallest absolute Gasteiger partial charge is 0.137 e. The highest BCUT2D eigenvalue weighted by Crippen LogP contribution is 2.29. The molecule has 104 valence electrons. The summed E-state index contributed by atoms with van der Waals surface area (Å²) in [5, 5.41) is 0. The topological polar surface area (TPSA) is 44.5 Å². The van der Waals surface area contributed by atoms with Gasteiger partial charge in [-0.25, -0.2) is 4.39 Å². The molecule has 0 aliphatic carbocycles. The first-order chi connectivity index (χ1) is 8.87. The van der Waals surface area contributed by atoms with Crippen LogP contribution in [0.15, 0.2) is 18.2 Å². The van der Waals surface area contributed by atoms with Gasteiger partial charge in [0.2, 0.25) is 0 Å². The van der Waals surface area contributed by atoms with Gasteiger partial charge in [-0.3, -0.25) is 0 Å². The Kier molecular flexibility index (Phi) is 4.06. The number of hydrogen-bond donors (Lipinski definition) is 1. The third-order valence-corrected chi connectivity index (χ3v) is 3.42. The van der Waals surface area contributed by atoms with Crippen LogP contribution in [0.4, 0.5) is 4.39 Å². The molecule has 0 aromatic heterocycles. The van der Waals surface area contributed by atoms with Gasteiger partial charge in [0.15, 0.2) is 0 Å². The number of thiocarbonyl (C=S) groups is 1. The van der Waals surface area contributed by atoms with Crippen LogP contribution in [0.25, 0.3) is 0 Å². The molecule has 5 heteroatoms. The van der Waals surface area contributed by atoms with E-state index in [-0.39, 0.29) is 22.3 Å². The zero-order valence-electron chi connectivity index (χ0n) is 11.1. The van der Waals surface area contributed by atoms with Crippen LogP contribution in [0.5, 0.6) is 5.75 Å². The van der Waals surface area contributed by atoms with Gasteiger partial charge in [0.1, 0.15) is 23.2 Å². The average Bonchev–Trinajstić information content (AvgIpc) is 2.66. The maximum Gasteiger partial charge on any atom is 0.137 e. The molecule has 2 N–H and O–H groups in total. The largest absolute Gasteiger partial charge is 0.491 e. The summed E-state index contributed by atoms with van der Waals surface area (Å²) >= 11 is 4.75. The molecular weight excluding hydrogens is 265 g/mol. The van der Waals surface area contributed by atoms with Crippen LogP contribution >= 0.6 is 12.2 Å². The molecule has 0 spiro atoms. The molecule has 3 nitrogen and oxygen atoms in total. The second-order valence-electron chi connectivity index (χ2n) is 5.36. The van der Waals surface area contributed by atoms with Crippen molar-refractivity contribution in [3.8, 4) is 5.75 Å². The second kappa shape index (κ2) is 5.43. The fourth-order valence-electron chi connectivity index (χ4n) is 2.17. The summed E-state index contributed by atoms with van der Waals surface area (Å²) in [4.78, 5) is 0.0462. The third kappa shape index (κ3) is 3.64. The van der Waals surface area contributed by atoms with E-state index in [1.165, 1.54) is 12.1 Å². The van der Waals surface area contributed by atoms with Crippen molar-refractivity contribution in [3.05, 3.63) is 29.6 Å². The first-order valence-electron chi connectivity index (χ1n) is 6.27. The lowest BCUT2D eigenvalue weighted by Gasteiger charge is -2.19. The highest BCUT2D eigenvalue weighted by atomic mass is 32.1. The van der Waals surface area contributed by atoms with E-state index in [1.54, 1.807) is 6.07 Å². The molecule has 1 unspecified atom stereocenters. The normalized spacial score (nSPS) is 21.3. The fraction of sp³-hybridized carbons (Fsp3) is 0.500. The van der Waals surface area contributed by atoms with E-state index >= 15 is 0 Å². The fourth-order valence-corrected chi connectivity index (χ4v) is 2.34. The Morgan fingerprint density at radius 2 is 2.32 bits per heavy atom. The van der Waals surface area contributed by atoms with Gasteiger partial charge in [-0.05, 0) is 38.8 Å². The molecule has 1 fully saturated rings. The minimum Gasteiger partial charge on any atom is -0.491 e. The third-order valence-electron chi connectivity index (χ3n) is 3.20. The van der Waals surface area contributed by atoms with E-state index in [2.05, 4.69) is 13.8 Å². The lowest BCUT2D eigenvalue weighted by molar-refractivity contribution is -0.0326. The van der Waals surface area contributed by atoms with Gasteiger partial charge in [-0.15, -0.1) is 0 Å². The maximum absolute atomic E-state index is 13.6. The van der Waals surface area contributed by atoms with Crippen LogP contribution in [-0.2, 0) is 4.74 Å². The SMILES string of the molecule is CC1(C)CCC(COc2ccc(C(N)=S)c(F)c2)O1. The predicted octanol–water partition coefficient (Wildman–Crippen LogP) is 2.80. The zero-order valence-corrected chi connectivity index (χ0v) is 11.9. The summed E-state index contributed by atoms with van der Waals surface area (Å²) < 4.78 is 25.0. The van der Waals surface area contributed by atoms with Crippen molar-refractivity contribution in [1.82, 2.24) is 0 Å². The van der Waals surface area contributed by atoms with Crippen LogP contribution in [-0.4, -0.2) is 23.3 Å². The Bertz CT molecular complexity index is 490. The van der Waals surface area contributed by atoms with Gasteiger partial charge in [0.25, 0.3) is 0 Å². The number of hydrogen-bond acceptors (Lipinski definition) is 3. The van der Waals surface area contributed by atoms with E-state index in [1.807, 2.05) is 0 Å². The predicted molar refractivity (Wildman–Crippen MR) is 76.0 cm³/mol. The maximum atomic E-state index is 13.6. The molecule has 19 heavy (non-hydrogen) atoms. The van der Waals surface area contributed by atoms with E-state index in [0.717, 1.165) is 12.8 Å². The molecule has 1 aromatic rings. The number of nitrogens with two attached hydrogens (primary N) is 1. The van der Waals surface area contributed by atoms with Crippen molar-refractivity contribution in [3.63, 3.8) is 0 Å². The Morgan fingerprint density at radius 1 is 1.58 bits per heavy atom. The number of ether oxygens (including phenoxy) is 2. The van der Waals surface area contributed by atoms with Gasteiger partial charge in [0.05, 0.1) is 11.7 Å². The minimum atomic E-state index is -0.460. The summed E-state index contributed by atoms with van der Waals surface area (Å²) in [5.74, 6) is 0.00322. The van der Waals surface area contributed by atoms with Gasteiger partial charge in [-0.1, -0.05) is 12.2 Å². The Labute approximate surface area is 117 Å². The Balaban J connectivity index is 1.94. The number of halogens is 1. The number of rotatable bonds is 4. The lowest BCUT2D eigenvalue weighted by Crippen LogP contribution is -2.24. The van der Waals surface area contributed by atoms with Crippen molar-refractivity contribution in [2.45, 2.75) is 38.4 Å². The highest BCUT2D eigenvalue weighted by molar-refractivity contribution is 7.80. The average molecular weight is 283 g/mol. The first kappa shape index (κ1) is 14.2. The van der Waals surface area contributed by atoms with Gasteiger partial charge in [0, 0.05) is 11.6 Å². The number of benzene rings is 1. The summed E-state index contributed by atoms with van der Waals surface area (Å²) in [7, 11) is 0. The van der Waals surface area contributed by atoms with Gasteiger partial charge in [-0.2, -0.15) is 0 Å². The minimum absolute atomic E-state index is 0.0462.